The highest BCUT2D eigenvalue weighted by atomic mass is 16.1. The Morgan fingerprint density at radius 1 is 1.17 bits per heavy atom. The van der Waals surface area contributed by atoms with Gasteiger partial charge < -0.3 is 0 Å². The van der Waals surface area contributed by atoms with Crippen LogP contribution < -0.4 is 0 Å². The van der Waals surface area contributed by atoms with Gasteiger partial charge in [-0.15, -0.1) is 0 Å². The van der Waals surface area contributed by atoms with Crippen LogP contribution in [-0.4, -0.2) is 5.78 Å². The van der Waals surface area contributed by atoms with Crippen LogP contribution in [0.1, 0.15) is 46.0 Å². The van der Waals surface area contributed by atoms with Crippen molar-refractivity contribution in [2.75, 3.05) is 0 Å². The van der Waals surface area contributed by atoms with Crippen LogP contribution in [0.2, 0.25) is 0 Å². The number of rotatable bonds is 0. The number of Topliss-reactive ketones (excluding diaryl/α,β-unsaturated/α-hetero) is 1. The van der Waals surface area contributed by atoms with E-state index in [1.807, 2.05) is 0 Å². The lowest BCUT2D eigenvalue weighted by Crippen LogP contribution is -2.49. The van der Waals surface area contributed by atoms with Crippen LogP contribution in [0.3, 0.4) is 0 Å². The van der Waals surface area contributed by atoms with Crippen LogP contribution in [0.25, 0.3) is 0 Å². The fraction of sp³-hybridized carbons (Fsp3) is 0.909. The maximum Gasteiger partial charge on any atom is 0.134 e. The quantitative estimate of drug-likeness (QED) is 0.541. The monoisotopic (exact) mass is 166 g/mol. The van der Waals surface area contributed by atoms with E-state index < -0.39 is 0 Å². The molecule has 12 heavy (non-hydrogen) atoms. The molecule has 0 radical (unpaired) electrons. The van der Waals surface area contributed by atoms with Crippen molar-refractivity contribution in [3.05, 3.63) is 0 Å². The molecule has 2 aliphatic rings. The van der Waals surface area contributed by atoms with Gasteiger partial charge in [0.05, 0.1) is 0 Å². The van der Waals surface area contributed by atoms with Crippen LogP contribution in [0.15, 0.2) is 0 Å². The zero-order valence-electron chi connectivity index (χ0n) is 8.10. The van der Waals surface area contributed by atoms with Gasteiger partial charge in [-0.1, -0.05) is 33.1 Å². The van der Waals surface area contributed by atoms with Crippen molar-refractivity contribution in [3.8, 4) is 0 Å². The zero-order valence-corrected chi connectivity index (χ0v) is 8.10. The van der Waals surface area contributed by atoms with Gasteiger partial charge in [0.1, 0.15) is 5.78 Å². The first-order chi connectivity index (χ1) is 5.65. The van der Waals surface area contributed by atoms with Crippen LogP contribution >= 0.6 is 0 Å². The van der Waals surface area contributed by atoms with Gasteiger partial charge in [0.25, 0.3) is 0 Å². The number of carbonyl (C=O) groups is 1. The zero-order chi connectivity index (χ0) is 8.77. The molecule has 2 saturated carbocycles. The Morgan fingerprint density at radius 2 is 1.67 bits per heavy atom. The molecule has 0 N–H and O–H groups in total. The topological polar surface area (TPSA) is 17.1 Å². The summed E-state index contributed by atoms with van der Waals surface area (Å²) in [6, 6.07) is 0. The smallest absolute Gasteiger partial charge is 0.134 e. The summed E-state index contributed by atoms with van der Waals surface area (Å²) in [6.45, 7) is 4.67. The second-order valence-corrected chi connectivity index (χ2v) is 4.86. The third kappa shape index (κ3) is 0.949. The summed E-state index contributed by atoms with van der Waals surface area (Å²) in [5.74, 6) is 2.08. The lowest BCUT2D eigenvalue weighted by Gasteiger charge is -2.52. The van der Waals surface area contributed by atoms with E-state index in [-0.39, 0.29) is 0 Å². The van der Waals surface area contributed by atoms with Gasteiger partial charge >= 0.3 is 0 Å². The summed E-state index contributed by atoms with van der Waals surface area (Å²) >= 11 is 0. The predicted octanol–water partition coefficient (Wildman–Crippen LogP) is 2.79. The molecule has 1 nitrogen and oxygen atoms in total. The van der Waals surface area contributed by atoms with Gasteiger partial charge in [0.2, 0.25) is 0 Å². The molecular formula is C11H18O. The van der Waals surface area contributed by atoms with E-state index in [0.29, 0.717) is 11.2 Å². The van der Waals surface area contributed by atoms with Gasteiger partial charge in [-0.2, -0.15) is 0 Å². The molecule has 2 fully saturated rings. The van der Waals surface area contributed by atoms with Gasteiger partial charge in [0, 0.05) is 12.8 Å². The van der Waals surface area contributed by atoms with Crippen molar-refractivity contribution in [2.24, 2.45) is 17.3 Å². The molecule has 0 heterocycles. The fourth-order valence-corrected chi connectivity index (χ4v) is 3.17. The van der Waals surface area contributed by atoms with Gasteiger partial charge in [-0.05, 0) is 17.3 Å². The van der Waals surface area contributed by atoms with Gasteiger partial charge in [-0.25, -0.2) is 0 Å². The van der Waals surface area contributed by atoms with Crippen molar-refractivity contribution in [1.82, 2.24) is 0 Å². The largest absolute Gasteiger partial charge is 0.300 e. The minimum atomic E-state index is 0.440. The molecule has 0 aromatic heterocycles. The second-order valence-electron chi connectivity index (χ2n) is 4.86. The van der Waals surface area contributed by atoms with Crippen LogP contribution in [0, 0.1) is 17.3 Å². The molecule has 2 rings (SSSR count). The molecule has 0 aliphatic heterocycles. The molecule has 1 heteroatoms. The predicted molar refractivity (Wildman–Crippen MR) is 48.9 cm³/mol. The molecule has 2 atom stereocenters. The van der Waals surface area contributed by atoms with Crippen molar-refractivity contribution in [1.29, 1.82) is 0 Å². The Hall–Kier alpha value is -0.330. The van der Waals surface area contributed by atoms with E-state index in [2.05, 4.69) is 13.8 Å². The number of hydrogen-bond acceptors (Lipinski definition) is 1. The number of ketones is 1. The molecule has 0 amide bonds. The number of carbonyl (C=O) groups excluding carboxylic acids is 1. The molecule has 0 aromatic rings. The van der Waals surface area contributed by atoms with Crippen molar-refractivity contribution in [2.45, 2.75) is 46.0 Å². The van der Waals surface area contributed by atoms with Gasteiger partial charge in [0.15, 0.2) is 0 Å². The van der Waals surface area contributed by atoms with Crippen LogP contribution in [0.5, 0.6) is 0 Å². The summed E-state index contributed by atoms with van der Waals surface area (Å²) in [6.07, 6.45) is 5.83. The number of hydrogen-bond donors (Lipinski definition) is 0. The SMILES string of the molecule is CC1CCCC(C)C12CC(=O)C2. The molecule has 0 aromatic carbocycles. The van der Waals surface area contributed by atoms with Crippen molar-refractivity contribution < 1.29 is 4.79 Å². The molecule has 68 valence electrons. The fourth-order valence-electron chi connectivity index (χ4n) is 3.17. The summed E-state index contributed by atoms with van der Waals surface area (Å²) in [5.41, 5.74) is 0.440. The van der Waals surface area contributed by atoms with E-state index in [1.54, 1.807) is 0 Å². The Labute approximate surface area is 74.5 Å². The average Bonchev–Trinajstić information content (AvgIpc) is 1.95. The minimum absolute atomic E-state index is 0.440. The van der Waals surface area contributed by atoms with Gasteiger partial charge in [-0.3, -0.25) is 4.79 Å². The lowest BCUT2D eigenvalue weighted by molar-refractivity contribution is -0.143. The second kappa shape index (κ2) is 2.58. The van der Waals surface area contributed by atoms with E-state index in [9.17, 15) is 4.79 Å². The summed E-state index contributed by atoms with van der Waals surface area (Å²) in [4.78, 5) is 11.1. The Bertz CT molecular complexity index is 187. The Kier molecular flexibility index (Phi) is 1.78. The highest BCUT2D eigenvalue weighted by molar-refractivity contribution is 5.86. The lowest BCUT2D eigenvalue weighted by atomic mass is 9.51. The molecule has 0 saturated heterocycles. The van der Waals surface area contributed by atoms with E-state index in [0.717, 1.165) is 24.7 Å². The van der Waals surface area contributed by atoms with E-state index in [4.69, 9.17) is 0 Å². The van der Waals surface area contributed by atoms with Crippen LogP contribution in [0.4, 0.5) is 0 Å². The Balaban J connectivity index is 2.14. The summed E-state index contributed by atoms with van der Waals surface area (Å²) < 4.78 is 0. The standard InChI is InChI=1S/C11H18O/c1-8-4-3-5-9(2)11(8)6-10(12)7-11/h8-9H,3-7H2,1-2H3. The third-order valence-electron chi connectivity index (χ3n) is 4.29. The minimum Gasteiger partial charge on any atom is -0.300 e. The highest BCUT2D eigenvalue weighted by Gasteiger charge is 2.51. The van der Waals surface area contributed by atoms with E-state index >= 15 is 0 Å². The first kappa shape index (κ1) is 8.28. The maximum atomic E-state index is 11.1. The summed E-state index contributed by atoms with van der Waals surface area (Å²) in [5, 5.41) is 0. The van der Waals surface area contributed by atoms with Crippen molar-refractivity contribution >= 4 is 5.78 Å². The molecule has 0 bridgehead atoms. The molecule has 1 spiro atoms. The van der Waals surface area contributed by atoms with E-state index in [1.165, 1.54) is 19.3 Å². The Morgan fingerprint density at radius 3 is 2.08 bits per heavy atom. The normalized spacial score (nSPS) is 39.7. The van der Waals surface area contributed by atoms with Crippen molar-refractivity contribution in [3.63, 3.8) is 0 Å². The third-order valence-corrected chi connectivity index (χ3v) is 4.29. The molecule has 2 aliphatic carbocycles. The first-order valence-corrected chi connectivity index (χ1v) is 5.17. The summed E-state index contributed by atoms with van der Waals surface area (Å²) in [7, 11) is 0. The van der Waals surface area contributed by atoms with Crippen LogP contribution in [-0.2, 0) is 4.79 Å². The average molecular weight is 166 g/mol. The highest BCUT2D eigenvalue weighted by Crippen LogP contribution is 2.56. The molecular weight excluding hydrogens is 148 g/mol. The maximum absolute atomic E-state index is 11.1. The first-order valence-electron chi connectivity index (χ1n) is 5.17. The molecule has 2 unspecified atom stereocenters.